The Morgan fingerprint density at radius 3 is 2.88 bits per heavy atom. The zero-order valence-electron chi connectivity index (χ0n) is 14.1. The zero-order valence-corrected chi connectivity index (χ0v) is 14.9. The van der Waals surface area contributed by atoms with Gasteiger partial charge in [0.15, 0.2) is 0 Å². The van der Waals surface area contributed by atoms with Gasteiger partial charge in [-0.2, -0.15) is 0 Å². The number of hydrogen-bond donors (Lipinski definition) is 1. The monoisotopic (exact) mass is 345 g/mol. The molecule has 1 saturated heterocycles. The first-order chi connectivity index (χ1) is 11.7. The van der Waals surface area contributed by atoms with Gasteiger partial charge in [-0.15, -0.1) is 11.3 Å². The molecule has 1 aromatic heterocycles. The molecule has 1 fully saturated rings. The number of amides is 2. The lowest BCUT2D eigenvalue weighted by atomic mass is 10.1. The fraction of sp³-hybridized carbons (Fsp3) is 0.444. The van der Waals surface area contributed by atoms with Crippen LogP contribution < -0.4 is 5.32 Å². The van der Waals surface area contributed by atoms with Crippen LogP contribution in [0.15, 0.2) is 29.6 Å². The lowest BCUT2D eigenvalue weighted by molar-refractivity contribution is 0.0181. The summed E-state index contributed by atoms with van der Waals surface area (Å²) in [7, 11) is 0. The molecule has 5 nitrogen and oxygen atoms in total. The van der Waals surface area contributed by atoms with Crippen LogP contribution in [0.5, 0.6) is 0 Å². The molecule has 1 aliphatic rings. The molecule has 3 rings (SSSR count). The Bertz CT molecular complexity index is 682. The molecule has 6 heteroatoms. The highest BCUT2D eigenvalue weighted by molar-refractivity contribution is 7.09. The van der Waals surface area contributed by atoms with Gasteiger partial charge in [0.25, 0.3) is 0 Å². The normalized spacial score (nSPS) is 17.8. The van der Waals surface area contributed by atoms with E-state index in [0.29, 0.717) is 13.2 Å². The number of nitrogens with one attached hydrogen (secondary N) is 1. The number of urea groups is 1. The van der Waals surface area contributed by atoms with Crippen molar-refractivity contribution in [2.24, 2.45) is 0 Å². The molecule has 128 valence electrons. The molecular formula is C18H23N3O2S. The Morgan fingerprint density at radius 2 is 2.21 bits per heavy atom. The van der Waals surface area contributed by atoms with Gasteiger partial charge in [0.1, 0.15) is 0 Å². The van der Waals surface area contributed by atoms with Crippen LogP contribution in [0.4, 0.5) is 10.5 Å². The highest BCUT2D eigenvalue weighted by Gasteiger charge is 2.23. The van der Waals surface area contributed by atoms with Crippen LogP contribution in [0.25, 0.3) is 11.3 Å². The lowest BCUT2D eigenvalue weighted by Crippen LogP contribution is -2.45. The smallest absolute Gasteiger partial charge is 0.321 e. The molecule has 0 bridgehead atoms. The van der Waals surface area contributed by atoms with Crippen LogP contribution in [-0.4, -0.2) is 41.7 Å². The van der Waals surface area contributed by atoms with Crippen molar-refractivity contribution >= 4 is 23.1 Å². The number of likely N-dealkylation sites (tertiary alicyclic amines) is 1. The van der Waals surface area contributed by atoms with Gasteiger partial charge in [-0.25, -0.2) is 9.78 Å². The van der Waals surface area contributed by atoms with E-state index in [2.05, 4.69) is 10.3 Å². The standard InChI is InChI=1S/C18H23N3O2S/c1-3-23-16-5-4-10-21(11-16)18(22)20-15-8-6-14(7-9-15)17-12-24-13(2)19-17/h6-9,12,16H,3-5,10-11H2,1-2H3,(H,20,22). The van der Waals surface area contributed by atoms with Crippen LogP contribution in [0.2, 0.25) is 0 Å². The van der Waals surface area contributed by atoms with Crippen molar-refractivity contribution in [1.82, 2.24) is 9.88 Å². The highest BCUT2D eigenvalue weighted by Crippen LogP contribution is 2.23. The quantitative estimate of drug-likeness (QED) is 0.905. The maximum absolute atomic E-state index is 12.4. The van der Waals surface area contributed by atoms with E-state index in [1.165, 1.54) is 0 Å². The molecular weight excluding hydrogens is 322 g/mol. The molecule has 1 atom stereocenters. The number of rotatable bonds is 4. The number of aromatic nitrogens is 1. The Morgan fingerprint density at radius 1 is 1.42 bits per heavy atom. The van der Waals surface area contributed by atoms with E-state index in [-0.39, 0.29) is 12.1 Å². The molecule has 0 saturated carbocycles. The Kier molecular flexibility index (Phi) is 5.48. The summed E-state index contributed by atoms with van der Waals surface area (Å²) in [5.74, 6) is 0. The summed E-state index contributed by atoms with van der Waals surface area (Å²) in [6, 6.07) is 7.77. The second kappa shape index (κ2) is 7.77. The fourth-order valence-corrected chi connectivity index (χ4v) is 3.54. The van der Waals surface area contributed by atoms with Crippen LogP contribution in [0, 0.1) is 6.92 Å². The van der Waals surface area contributed by atoms with E-state index in [1.54, 1.807) is 11.3 Å². The summed E-state index contributed by atoms with van der Waals surface area (Å²) in [6.45, 7) is 6.13. The minimum absolute atomic E-state index is 0.0587. The highest BCUT2D eigenvalue weighted by atomic mass is 32.1. The van der Waals surface area contributed by atoms with Crippen molar-refractivity contribution < 1.29 is 9.53 Å². The minimum Gasteiger partial charge on any atom is -0.377 e. The molecule has 1 N–H and O–H groups in total. The van der Waals surface area contributed by atoms with Gasteiger partial charge >= 0.3 is 6.03 Å². The number of carbonyl (C=O) groups excluding carboxylic acids is 1. The Hall–Kier alpha value is -1.92. The second-order valence-corrected chi connectivity index (χ2v) is 6.99. The number of thiazole rings is 1. The Balaban J connectivity index is 1.60. The summed E-state index contributed by atoms with van der Waals surface area (Å²) < 4.78 is 5.65. The average molecular weight is 345 g/mol. The maximum Gasteiger partial charge on any atom is 0.321 e. The summed E-state index contributed by atoms with van der Waals surface area (Å²) in [4.78, 5) is 18.7. The first-order valence-electron chi connectivity index (χ1n) is 8.36. The second-order valence-electron chi connectivity index (χ2n) is 5.92. The van der Waals surface area contributed by atoms with Gasteiger partial charge in [0, 0.05) is 36.3 Å². The summed E-state index contributed by atoms with van der Waals surface area (Å²) >= 11 is 1.64. The number of hydrogen-bond acceptors (Lipinski definition) is 4. The molecule has 1 aromatic carbocycles. The van der Waals surface area contributed by atoms with Gasteiger partial charge in [-0.05, 0) is 38.8 Å². The third-order valence-corrected chi connectivity index (χ3v) is 4.89. The zero-order chi connectivity index (χ0) is 16.9. The van der Waals surface area contributed by atoms with Crippen LogP contribution >= 0.6 is 11.3 Å². The van der Waals surface area contributed by atoms with Gasteiger partial charge in [0.2, 0.25) is 0 Å². The number of aryl methyl sites for hydroxylation is 1. The van der Waals surface area contributed by atoms with Crippen LogP contribution in [0.1, 0.15) is 24.8 Å². The predicted octanol–water partition coefficient (Wildman–Crippen LogP) is 4.15. The number of carbonyl (C=O) groups is 1. The SMILES string of the molecule is CCOC1CCCN(C(=O)Nc2ccc(-c3csc(C)n3)cc2)C1. The molecule has 1 unspecified atom stereocenters. The van der Waals surface area contributed by atoms with Crippen LogP contribution in [-0.2, 0) is 4.74 Å². The van der Waals surface area contributed by atoms with Gasteiger partial charge in [-0.3, -0.25) is 0 Å². The topological polar surface area (TPSA) is 54.5 Å². The van der Waals surface area contributed by atoms with Crippen molar-refractivity contribution in [1.29, 1.82) is 0 Å². The number of nitrogens with zero attached hydrogens (tertiary/aromatic N) is 2. The first kappa shape index (κ1) is 16.9. The van der Waals surface area contributed by atoms with Gasteiger partial charge < -0.3 is 15.0 Å². The predicted molar refractivity (Wildman–Crippen MR) is 97.5 cm³/mol. The van der Waals surface area contributed by atoms with Crippen molar-refractivity contribution in [2.45, 2.75) is 32.8 Å². The number of anilines is 1. The summed E-state index contributed by atoms with van der Waals surface area (Å²) in [5.41, 5.74) is 2.84. The average Bonchev–Trinajstić information content (AvgIpc) is 3.02. The van der Waals surface area contributed by atoms with E-state index in [0.717, 1.165) is 41.3 Å². The van der Waals surface area contributed by atoms with E-state index in [4.69, 9.17) is 4.74 Å². The largest absolute Gasteiger partial charge is 0.377 e. The van der Waals surface area contributed by atoms with E-state index < -0.39 is 0 Å². The molecule has 2 aromatic rings. The molecule has 2 amide bonds. The molecule has 0 aliphatic carbocycles. The molecule has 24 heavy (non-hydrogen) atoms. The molecule has 2 heterocycles. The minimum atomic E-state index is -0.0587. The summed E-state index contributed by atoms with van der Waals surface area (Å²) in [5, 5.41) is 6.07. The third-order valence-electron chi connectivity index (χ3n) is 4.12. The van der Waals surface area contributed by atoms with E-state index in [1.807, 2.05) is 48.4 Å². The molecule has 0 radical (unpaired) electrons. The first-order valence-corrected chi connectivity index (χ1v) is 9.23. The van der Waals surface area contributed by atoms with Gasteiger partial charge in [-0.1, -0.05) is 12.1 Å². The van der Waals surface area contributed by atoms with Crippen molar-refractivity contribution in [3.63, 3.8) is 0 Å². The number of piperidine rings is 1. The fourth-order valence-electron chi connectivity index (χ4n) is 2.92. The molecule has 1 aliphatic heterocycles. The molecule has 0 spiro atoms. The number of ether oxygens (including phenoxy) is 1. The van der Waals surface area contributed by atoms with Crippen molar-refractivity contribution in [3.8, 4) is 11.3 Å². The lowest BCUT2D eigenvalue weighted by Gasteiger charge is -2.32. The van der Waals surface area contributed by atoms with E-state index in [9.17, 15) is 4.79 Å². The van der Waals surface area contributed by atoms with Crippen LogP contribution in [0.3, 0.4) is 0 Å². The van der Waals surface area contributed by atoms with Gasteiger partial charge in [0.05, 0.1) is 16.8 Å². The van der Waals surface area contributed by atoms with Crippen molar-refractivity contribution in [3.05, 3.63) is 34.7 Å². The van der Waals surface area contributed by atoms with Crippen molar-refractivity contribution in [2.75, 3.05) is 25.0 Å². The number of benzene rings is 1. The van der Waals surface area contributed by atoms with E-state index >= 15 is 0 Å². The Labute approximate surface area is 146 Å². The maximum atomic E-state index is 12.4. The third kappa shape index (κ3) is 4.13. The summed E-state index contributed by atoms with van der Waals surface area (Å²) in [6.07, 6.45) is 2.17.